The van der Waals surface area contributed by atoms with E-state index in [1.165, 1.54) is 11.3 Å². The highest BCUT2D eigenvalue weighted by atomic mass is 32.1. The highest BCUT2D eigenvalue weighted by Crippen LogP contribution is 2.23. The summed E-state index contributed by atoms with van der Waals surface area (Å²) in [5.41, 5.74) is 5.85. The van der Waals surface area contributed by atoms with E-state index < -0.39 is 24.0 Å². The molecule has 0 aliphatic carbocycles. The van der Waals surface area contributed by atoms with Crippen molar-refractivity contribution in [3.8, 4) is 0 Å². The number of hydrogen-bond acceptors (Lipinski definition) is 6. The minimum absolute atomic E-state index is 0.0147. The van der Waals surface area contributed by atoms with Crippen LogP contribution in [0.2, 0.25) is 0 Å². The summed E-state index contributed by atoms with van der Waals surface area (Å²) in [6.07, 6.45) is -0.762. The van der Waals surface area contributed by atoms with Crippen molar-refractivity contribution in [1.82, 2.24) is 9.88 Å². The monoisotopic (exact) mass is 285 g/mol. The lowest BCUT2D eigenvalue weighted by Crippen LogP contribution is -2.40. The molecule has 2 heterocycles. The molecule has 4 N–H and O–H groups in total. The molecule has 3 atom stereocenters. The second-order valence-corrected chi connectivity index (χ2v) is 5.45. The molecule has 1 unspecified atom stereocenters. The second kappa shape index (κ2) is 5.24. The molecule has 1 aliphatic rings. The smallest absolute Gasteiger partial charge is 0.326 e. The second-order valence-electron chi connectivity index (χ2n) is 4.56. The highest BCUT2D eigenvalue weighted by molar-refractivity contribution is 7.09. The number of thiazole rings is 1. The van der Waals surface area contributed by atoms with Crippen LogP contribution in [0.5, 0.6) is 0 Å². The first-order valence-electron chi connectivity index (χ1n) is 5.83. The van der Waals surface area contributed by atoms with Crippen molar-refractivity contribution in [2.75, 3.05) is 6.54 Å². The molecule has 1 fully saturated rings. The number of aromatic nitrogens is 1. The lowest BCUT2D eigenvalue weighted by atomic mass is 10.2. The number of amides is 1. The van der Waals surface area contributed by atoms with E-state index in [9.17, 15) is 14.7 Å². The van der Waals surface area contributed by atoms with Gasteiger partial charge in [-0.1, -0.05) is 0 Å². The molecule has 0 saturated carbocycles. The van der Waals surface area contributed by atoms with Gasteiger partial charge in [0.2, 0.25) is 0 Å². The van der Waals surface area contributed by atoms with Gasteiger partial charge in [0.25, 0.3) is 5.91 Å². The number of rotatable bonds is 3. The molecule has 0 spiro atoms. The maximum atomic E-state index is 12.2. The van der Waals surface area contributed by atoms with Crippen molar-refractivity contribution in [3.05, 3.63) is 16.1 Å². The Morgan fingerprint density at radius 1 is 1.63 bits per heavy atom. The lowest BCUT2D eigenvalue weighted by molar-refractivity contribution is -0.141. The number of carbonyl (C=O) groups is 2. The summed E-state index contributed by atoms with van der Waals surface area (Å²) < 4.78 is 0. The Labute approximate surface area is 113 Å². The molecule has 1 aromatic heterocycles. The summed E-state index contributed by atoms with van der Waals surface area (Å²) >= 11 is 1.26. The van der Waals surface area contributed by atoms with Crippen molar-refractivity contribution in [3.63, 3.8) is 0 Å². The first-order valence-corrected chi connectivity index (χ1v) is 6.71. The summed E-state index contributed by atoms with van der Waals surface area (Å²) in [4.78, 5) is 28.5. The Balaban J connectivity index is 2.20. The normalized spacial score (nSPS) is 24.5. The van der Waals surface area contributed by atoms with Gasteiger partial charge in [-0.05, 0) is 6.92 Å². The van der Waals surface area contributed by atoms with Gasteiger partial charge in [-0.2, -0.15) is 0 Å². The summed E-state index contributed by atoms with van der Waals surface area (Å²) in [7, 11) is 0. The van der Waals surface area contributed by atoms with Gasteiger partial charge in [-0.3, -0.25) is 4.79 Å². The van der Waals surface area contributed by atoms with Crippen LogP contribution in [0.25, 0.3) is 0 Å². The quantitative estimate of drug-likeness (QED) is 0.709. The van der Waals surface area contributed by atoms with Gasteiger partial charge in [-0.25, -0.2) is 9.78 Å². The minimum Gasteiger partial charge on any atom is -0.480 e. The zero-order valence-corrected chi connectivity index (χ0v) is 11.1. The van der Waals surface area contributed by atoms with Gasteiger partial charge in [0.1, 0.15) is 16.7 Å². The lowest BCUT2D eigenvalue weighted by Gasteiger charge is -2.19. The number of hydrogen-bond donors (Lipinski definition) is 3. The van der Waals surface area contributed by atoms with Crippen LogP contribution < -0.4 is 5.73 Å². The van der Waals surface area contributed by atoms with Crippen LogP contribution >= 0.6 is 11.3 Å². The zero-order valence-electron chi connectivity index (χ0n) is 10.3. The topological polar surface area (TPSA) is 117 Å². The maximum Gasteiger partial charge on any atom is 0.326 e. The Morgan fingerprint density at radius 2 is 2.32 bits per heavy atom. The molecule has 7 nitrogen and oxygen atoms in total. The molecular formula is C11H15N3O4S. The molecule has 1 saturated heterocycles. The van der Waals surface area contributed by atoms with Crippen molar-refractivity contribution in [1.29, 1.82) is 0 Å². The molecule has 1 amide bonds. The Hall–Kier alpha value is -1.51. The fourth-order valence-electron chi connectivity index (χ4n) is 2.01. The van der Waals surface area contributed by atoms with Crippen LogP contribution in [0.3, 0.4) is 0 Å². The van der Waals surface area contributed by atoms with Crippen LogP contribution in [0, 0.1) is 0 Å². The average molecular weight is 285 g/mol. The zero-order chi connectivity index (χ0) is 14.2. The Morgan fingerprint density at radius 3 is 2.84 bits per heavy atom. The molecule has 104 valence electrons. The molecule has 0 aromatic carbocycles. The highest BCUT2D eigenvalue weighted by Gasteiger charge is 2.39. The van der Waals surface area contributed by atoms with Gasteiger partial charge in [-0.15, -0.1) is 11.3 Å². The third kappa shape index (κ3) is 2.75. The third-order valence-corrected chi connectivity index (χ3v) is 4.00. The standard InChI is InChI=1S/C11H15N3O4S/c1-5(12)9-13-7(4-19-9)10(16)14-3-6(15)2-8(14)11(17)18/h4-6,8,15H,2-3,12H2,1H3,(H,17,18)/t5?,6-,8-/m1/s1. The predicted molar refractivity (Wildman–Crippen MR) is 67.8 cm³/mol. The molecule has 1 aliphatic heterocycles. The molecular weight excluding hydrogens is 270 g/mol. The fraction of sp³-hybridized carbons (Fsp3) is 0.545. The van der Waals surface area contributed by atoms with Crippen LogP contribution in [0.4, 0.5) is 0 Å². The van der Waals surface area contributed by atoms with Crippen LogP contribution in [-0.4, -0.2) is 50.7 Å². The average Bonchev–Trinajstić information content (AvgIpc) is 2.94. The van der Waals surface area contributed by atoms with E-state index >= 15 is 0 Å². The Kier molecular flexibility index (Phi) is 3.83. The molecule has 0 bridgehead atoms. The van der Waals surface area contributed by atoms with E-state index in [1.54, 1.807) is 12.3 Å². The van der Waals surface area contributed by atoms with E-state index in [1.807, 2.05) is 0 Å². The number of likely N-dealkylation sites (tertiary alicyclic amines) is 1. The number of nitrogens with two attached hydrogens (primary N) is 1. The van der Waals surface area contributed by atoms with Crippen molar-refractivity contribution >= 4 is 23.2 Å². The van der Waals surface area contributed by atoms with Crippen molar-refractivity contribution < 1.29 is 19.8 Å². The van der Waals surface area contributed by atoms with Gasteiger partial charge < -0.3 is 20.8 Å². The number of nitrogens with zero attached hydrogens (tertiary/aromatic N) is 2. The first-order chi connectivity index (χ1) is 8.90. The summed E-state index contributed by atoms with van der Waals surface area (Å²) in [5.74, 6) is -1.60. The van der Waals surface area contributed by atoms with E-state index in [0.29, 0.717) is 5.01 Å². The minimum atomic E-state index is -1.12. The molecule has 1 aromatic rings. The SMILES string of the molecule is CC(N)c1nc(C(=O)N2C[C@H](O)C[C@@H]2C(=O)O)cs1. The number of aliphatic hydroxyl groups excluding tert-OH is 1. The van der Waals surface area contributed by atoms with Crippen molar-refractivity contribution in [2.24, 2.45) is 5.73 Å². The fourth-order valence-corrected chi connectivity index (χ4v) is 2.77. The van der Waals surface area contributed by atoms with Crippen LogP contribution in [-0.2, 0) is 4.79 Å². The summed E-state index contributed by atoms with van der Waals surface area (Å²) in [5, 5.41) is 20.7. The van der Waals surface area contributed by atoms with Gasteiger partial charge in [0.15, 0.2) is 0 Å². The van der Waals surface area contributed by atoms with Crippen LogP contribution in [0.1, 0.15) is 34.9 Å². The molecule has 0 radical (unpaired) electrons. The molecule has 8 heteroatoms. The number of aliphatic hydroxyl groups is 1. The molecule has 19 heavy (non-hydrogen) atoms. The van der Waals surface area contributed by atoms with Crippen LogP contribution in [0.15, 0.2) is 5.38 Å². The molecule has 2 rings (SSSR count). The largest absolute Gasteiger partial charge is 0.480 e. The predicted octanol–water partition coefficient (Wildman–Crippen LogP) is -0.177. The number of carboxylic acids is 1. The van der Waals surface area contributed by atoms with E-state index in [0.717, 1.165) is 4.90 Å². The van der Waals surface area contributed by atoms with Gasteiger partial charge in [0, 0.05) is 18.3 Å². The number of carbonyl (C=O) groups excluding carboxylic acids is 1. The number of aliphatic carboxylic acids is 1. The number of β-amino-alcohol motifs (C(OH)–C–C–N with tert-alkyl or cyclic N) is 1. The van der Waals surface area contributed by atoms with E-state index in [-0.39, 0.29) is 24.7 Å². The van der Waals surface area contributed by atoms with Gasteiger partial charge in [0.05, 0.1) is 12.1 Å². The third-order valence-electron chi connectivity index (χ3n) is 2.96. The van der Waals surface area contributed by atoms with E-state index in [4.69, 9.17) is 10.8 Å². The van der Waals surface area contributed by atoms with Crippen molar-refractivity contribution in [2.45, 2.75) is 31.5 Å². The number of carboxylic acid groups (broad SMARTS) is 1. The van der Waals surface area contributed by atoms with Gasteiger partial charge >= 0.3 is 5.97 Å². The Bertz CT molecular complexity index is 502. The van der Waals surface area contributed by atoms with E-state index in [2.05, 4.69) is 4.98 Å². The maximum absolute atomic E-state index is 12.2. The first kappa shape index (κ1) is 13.9. The summed E-state index contributed by atoms with van der Waals surface area (Å²) in [6.45, 7) is 1.77. The summed E-state index contributed by atoms with van der Waals surface area (Å²) in [6, 6.07) is -1.27.